The summed E-state index contributed by atoms with van der Waals surface area (Å²) in [6.07, 6.45) is 1.59. The fourth-order valence-corrected chi connectivity index (χ4v) is 2.07. The number of carbonyl (C=O) groups is 1. The van der Waals surface area contributed by atoms with E-state index in [1.54, 1.807) is 6.92 Å². The quantitative estimate of drug-likeness (QED) is 0.673. The topological polar surface area (TPSA) is 58.8 Å². The van der Waals surface area contributed by atoms with Crippen molar-refractivity contribution in [2.24, 2.45) is 5.73 Å². The molecule has 104 valence electrons. The van der Waals surface area contributed by atoms with Crippen LogP contribution in [0.15, 0.2) is 0 Å². The van der Waals surface area contributed by atoms with E-state index in [9.17, 15) is 4.79 Å². The predicted octanol–water partition coefficient (Wildman–Crippen LogP) is 0.233. The summed E-state index contributed by atoms with van der Waals surface area (Å²) in [6, 6.07) is 0. The summed E-state index contributed by atoms with van der Waals surface area (Å²) in [7, 11) is 0. The molecule has 5 nitrogen and oxygen atoms in total. The summed E-state index contributed by atoms with van der Waals surface area (Å²) < 4.78 is 5.30. The van der Waals surface area contributed by atoms with Crippen LogP contribution in [0.25, 0.3) is 0 Å². The van der Waals surface area contributed by atoms with E-state index < -0.39 is 0 Å². The van der Waals surface area contributed by atoms with E-state index in [4.69, 9.17) is 22.7 Å². The van der Waals surface area contributed by atoms with Crippen LogP contribution in [0.1, 0.15) is 19.8 Å². The molecule has 0 atom stereocenters. The van der Waals surface area contributed by atoms with Crippen molar-refractivity contribution in [3.8, 4) is 0 Å². The van der Waals surface area contributed by atoms with E-state index in [2.05, 4.69) is 4.90 Å². The molecule has 0 saturated carbocycles. The van der Waals surface area contributed by atoms with Gasteiger partial charge in [-0.2, -0.15) is 0 Å². The number of rotatable bonds is 7. The average Bonchev–Trinajstić information content (AvgIpc) is 2.34. The number of carbonyl (C=O) groups excluding carboxylic acids is 1. The second kappa shape index (κ2) is 8.39. The van der Waals surface area contributed by atoms with Gasteiger partial charge in [0.25, 0.3) is 0 Å². The lowest BCUT2D eigenvalue weighted by atomic mass is 10.3. The summed E-state index contributed by atoms with van der Waals surface area (Å²) in [6.45, 7) is 7.63. The number of nitrogens with two attached hydrogens (primary N) is 1. The van der Waals surface area contributed by atoms with E-state index >= 15 is 0 Å². The maximum Gasteiger partial charge on any atom is 0.219 e. The maximum atomic E-state index is 11.4. The minimum absolute atomic E-state index is 0.0910. The molecule has 1 fully saturated rings. The van der Waals surface area contributed by atoms with Crippen molar-refractivity contribution in [3.63, 3.8) is 0 Å². The summed E-state index contributed by atoms with van der Waals surface area (Å²) in [5, 5.41) is 0. The number of hydrogen-bond acceptors (Lipinski definition) is 4. The monoisotopic (exact) mass is 273 g/mol. The van der Waals surface area contributed by atoms with Crippen molar-refractivity contribution < 1.29 is 9.53 Å². The van der Waals surface area contributed by atoms with Crippen molar-refractivity contribution in [1.82, 2.24) is 9.80 Å². The number of hydrogen-bond donors (Lipinski definition) is 1. The molecular formula is C12H23N3O2S. The zero-order chi connectivity index (χ0) is 13.4. The fourth-order valence-electron chi connectivity index (χ4n) is 1.98. The van der Waals surface area contributed by atoms with Crippen molar-refractivity contribution in [1.29, 1.82) is 0 Å². The first kappa shape index (κ1) is 15.3. The average molecular weight is 273 g/mol. The van der Waals surface area contributed by atoms with Crippen molar-refractivity contribution in [3.05, 3.63) is 0 Å². The lowest BCUT2D eigenvalue weighted by molar-refractivity contribution is -0.128. The highest BCUT2D eigenvalue weighted by atomic mass is 32.1. The van der Waals surface area contributed by atoms with Crippen LogP contribution in [0.5, 0.6) is 0 Å². The van der Waals surface area contributed by atoms with E-state index in [1.807, 2.05) is 4.90 Å². The molecule has 0 spiro atoms. The van der Waals surface area contributed by atoms with Crippen LogP contribution in [0.4, 0.5) is 0 Å². The van der Waals surface area contributed by atoms with Gasteiger partial charge in [0, 0.05) is 46.1 Å². The standard InChI is InChI=1S/C12H23N3O2S/c1-11(16)15(6-3-12(13)18)5-2-4-14-7-9-17-10-8-14/h2-10H2,1H3,(H2,13,18). The normalized spacial score (nSPS) is 16.5. The number of morpholine rings is 1. The largest absolute Gasteiger partial charge is 0.393 e. The lowest BCUT2D eigenvalue weighted by Gasteiger charge is -2.28. The number of thiocarbonyl (C=S) groups is 1. The Labute approximate surface area is 114 Å². The van der Waals surface area contributed by atoms with Gasteiger partial charge in [-0.25, -0.2) is 0 Å². The second-order valence-corrected chi connectivity index (χ2v) is 5.05. The van der Waals surface area contributed by atoms with E-state index in [1.165, 1.54) is 0 Å². The van der Waals surface area contributed by atoms with Gasteiger partial charge in [-0.15, -0.1) is 0 Å². The molecule has 0 bridgehead atoms. The van der Waals surface area contributed by atoms with Crippen LogP contribution in [-0.4, -0.2) is 66.6 Å². The fraction of sp³-hybridized carbons (Fsp3) is 0.833. The Hall–Kier alpha value is -0.720. The Morgan fingerprint density at radius 1 is 1.39 bits per heavy atom. The number of ether oxygens (including phenoxy) is 1. The Bertz CT molecular complexity index is 280. The summed E-state index contributed by atoms with van der Waals surface area (Å²) in [5.74, 6) is 0.0910. The summed E-state index contributed by atoms with van der Waals surface area (Å²) in [5.41, 5.74) is 5.46. The molecule has 0 aliphatic carbocycles. The highest BCUT2D eigenvalue weighted by molar-refractivity contribution is 7.80. The molecule has 0 aromatic carbocycles. The Morgan fingerprint density at radius 2 is 2.06 bits per heavy atom. The van der Waals surface area contributed by atoms with Gasteiger partial charge in [0.05, 0.1) is 18.2 Å². The molecule has 1 aliphatic rings. The number of nitrogens with zero attached hydrogens (tertiary/aromatic N) is 2. The van der Waals surface area contributed by atoms with Crippen molar-refractivity contribution in [2.75, 3.05) is 45.9 Å². The number of amides is 1. The lowest BCUT2D eigenvalue weighted by Crippen LogP contribution is -2.39. The molecule has 0 unspecified atom stereocenters. The van der Waals surface area contributed by atoms with E-state index in [0.29, 0.717) is 18.0 Å². The molecule has 1 amide bonds. The molecule has 0 aromatic heterocycles. The minimum Gasteiger partial charge on any atom is -0.393 e. The van der Waals surface area contributed by atoms with Gasteiger partial charge >= 0.3 is 0 Å². The van der Waals surface area contributed by atoms with Crippen LogP contribution in [-0.2, 0) is 9.53 Å². The maximum absolute atomic E-state index is 11.4. The summed E-state index contributed by atoms with van der Waals surface area (Å²) in [4.78, 5) is 16.1. The van der Waals surface area contributed by atoms with Gasteiger partial charge in [0.2, 0.25) is 5.91 Å². The van der Waals surface area contributed by atoms with Gasteiger partial charge in [-0.05, 0) is 6.42 Å². The predicted molar refractivity (Wildman–Crippen MR) is 75.5 cm³/mol. The molecule has 2 N–H and O–H groups in total. The third-order valence-electron chi connectivity index (χ3n) is 3.08. The molecule has 6 heteroatoms. The SMILES string of the molecule is CC(=O)N(CCCN1CCOCC1)CCC(N)=S. The van der Waals surface area contributed by atoms with Gasteiger partial charge < -0.3 is 15.4 Å². The molecule has 18 heavy (non-hydrogen) atoms. The smallest absolute Gasteiger partial charge is 0.219 e. The zero-order valence-electron chi connectivity index (χ0n) is 11.1. The third-order valence-corrected chi connectivity index (χ3v) is 3.28. The molecular weight excluding hydrogens is 250 g/mol. The first-order chi connectivity index (χ1) is 8.59. The van der Waals surface area contributed by atoms with E-state index in [-0.39, 0.29) is 5.91 Å². The van der Waals surface area contributed by atoms with Crippen molar-refractivity contribution in [2.45, 2.75) is 19.8 Å². The Morgan fingerprint density at radius 3 is 2.61 bits per heavy atom. The zero-order valence-corrected chi connectivity index (χ0v) is 11.9. The molecule has 1 heterocycles. The Balaban J connectivity index is 2.19. The molecule has 1 saturated heterocycles. The minimum atomic E-state index is 0.0910. The highest BCUT2D eigenvalue weighted by Crippen LogP contribution is 2.01. The van der Waals surface area contributed by atoms with Crippen LogP contribution >= 0.6 is 12.2 Å². The highest BCUT2D eigenvalue weighted by Gasteiger charge is 2.12. The van der Waals surface area contributed by atoms with Crippen LogP contribution in [0.2, 0.25) is 0 Å². The third kappa shape index (κ3) is 6.28. The molecule has 0 radical (unpaired) electrons. The van der Waals surface area contributed by atoms with Crippen molar-refractivity contribution >= 4 is 23.1 Å². The van der Waals surface area contributed by atoms with Gasteiger partial charge in [-0.1, -0.05) is 12.2 Å². The van der Waals surface area contributed by atoms with Crippen LogP contribution < -0.4 is 5.73 Å². The molecule has 1 rings (SSSR count). The van der Waals surface area contributed by atoms with E-state index in [0.717, 1.165) is 45.8 Å². The van der Waals surface area contributed by atoms with Crippen LogP contribution in [0.3, 0.4) is 0 Å². The second-order valence-electron chi connectivity index (χ2n) is 4.53. The summed E-state index contributed by atoms with van der Waals surface area (Å²) >= 11 is 4.83. The van der Waals surface area contributed by atoms with Gasteiger partial charge in [0.15, 0.2) is 0 Å². The van der Waals surface area contributed by atoms with Gasteiger partial charge in [0.1, 0.15) is 0 Å². The van der Waals surface area contributed by atoms with Gasteiger partial charge in [-0.3, -0.25) is 9.69 Å². The molecule has 0 aromatic rings. The Kier molecular flexibility index (Phi) is 7.15. The molecule has 1 aliphatic heterocycles. The first-order valence-corrected chi connectivity index (χ1v) is 6.84. The van der Waals surface area contributed by atoms with Crippen LogP contribution in [0, 0.1) is 0 Å². The first-order valence-electron chi connectivity index (χ1n) is 6.43.